The van der Waals surface area contributed by atoms with Crippen LogP contribution in [0.2, 0.25) is 0 Å². The van der Waals surface area contributed by atoms with Crippen LogP contribution in [0.1, 0.15) is 58.8 Å². The number of benzene rings is 4. The Labute approximate surface area is 294 Å². The Morgan fingerprint density at radius 3 is 2.18 bits per heavy atom. The molecule has 6 rings (SSSR count). The molecule has 4 aromatic carbocycles. The summed E-state index contributed by atoms with van der Waals surface area (Å²) in [4.78, 5) is 52.1. The molecule has 2 heterocycles. The number of piperidine rings is 1. The number of fused-ring (bicyclic) bond motifs is 1. The van der Waals surface area contributed by atoms with Gasteiger partial charge in [-0.1, -0.05) is 49.4 Å². The second-order valence-corrected chi connectivity index (χ2v) is 13.0. The number of rotatable bonds is 12. The number of phenols is 2. The number of ether oxygens (including phenoxy) is 1. The predicted octanol–water partition coefficient (Wildman–Crippen LogP) is 5.52. The molecule has 4 aromatic rings. The van der Waals surface area contributed by atoms with Gasteiger partial charge in [-0.2, -0.15) is 0 Å². The van der Waals surface area contributed by atoms with Crippen LogP contribution >= 0.6 is 11.8 Å². The van der Waals surface area contributed by atoms with Crippen LogP contribution in [0, 0.1) is 0 Å². The number of hydrogen-bond acceptors (Lipinski definition) is 8. The van der Waals surface area contributed by atoms with E-state index in [4.69, 9.17) is 4.74 Å². The van der Waals surface area contributed by atoms with Gasteiger partial charge < -0.3 is 25.2 Å². The molecule has 1 fully saturated rings. The average molecular weight is 692 g/mol. The molecule has 0 radical (unpaired) electrons. The smallest absolute Gasteiger partial charge is 0.255 e. The number of phenolic OH excluding ortho intramolecular Hbond substituents is 2. The number of carbonyl (C=O) groups is 4. The topological polar surface area (TPSA) is 145 Å². The Morgan fingerprint density at radius 1 is 0.900 bits per heavy atom. The highest BCUT2D eigenvalue weighted by molar-refractivity contribution is 8.00. The molecule has 0 aromatic heterocycles. The molecule has 256 valence electrons. The van der Waals surface area contributed by atoms with E-state index < -0.39 is 11.9 Å². The summed E-state index contributed by atoms with van der Waals surface area (Å²) in [7, 11) is 0. The lowest BCUT2D eigenvalue weighted by atomic mass is 9.88. The van der Waals surface area contributed by atoms with Gasteiger partial charge in [-0.05, 0) is 94.8 Å². The summed E-state index contributed by atoms with van der Waals surface area (Å²) in [6, 6.07) is 26.6. The maximum absolute atomic E-state index is 13.1. The quantitative estimate of drug-likeness (QED) is 0.0659. The maximum Gasteiger partial charge on any atom is 0.255 e. The number of imide groups is 1. The van der Waals surface area contributed by atoms with E-state index in [0.29, 0.717) is 24.3 Å². The molecular weight excluding hydrogens is 655 g/mol. The molecule has 10 nitrogen and oxygen atoms in total. The number of hydrogen-bond donors (Lipinski definition) is 4. The third kappa shape index (κ3) is 7.68. The van der Waals surface area contributed by atoms with E-state index in [1.54, 1.807) is 36.4 Å². The van der Waals surface area contributed by atoms with Crippen LogP contribution in [-0.2, 0) is 20.9 Å². The standard InChI is InChI=1S/C39H37N3O7S/c1-2-30(24-6-12-27(43)13-7-24)37(25-8-14-28(44)15-9-25)26-10-16-29(17-11-26)49-21-20-40-36(46)23-50-34-5-3-4-31-32(34)22-42(39(31)48)33-18-19-35(45)41-38(33)47/h3-17,33,43-44H,2,18-23H2,1H3,(H,40,46)(H,41,45,47)/b37-30-. The number of nitrogens with zero attached hydrogens (tertiary/aromatic N) is 1. The lowest BCUT2D eigenvalue weighted by molar-refractivity contribution is -0.137. The fraction of sp³-hybridized carbons (Fsp3) is 0.231. The summed E-state index contributed by atoms with van der Waals surface area (Å²) < 4.78 is 5.92. The van der Waals surface area contributed by atoms with E-state index in [1.807, 2.05) is 54.6 Å². The summed E-state index contributed by atoms with van der Waals surface area (Å²) in [5, 5.41) is 24.9. The van der Waals surface area contributed by atoms with Gasteiger partial charge in [-0.25, -0.2) is 0 Å². The fourth-order valence-corrected chi connectivity index (χ4v) is 7.21. The molecular formula is C39H37N3O7S. The van der Waals surface area contributed by atoms with Crippen LogP contribution < -0.4 is 15.4 Å². The lowest BCUT2D eigenvalue weighted by Gasteiger charge is -2.29. The van der Waals surface area contributed by atoms with Crippen molar-refractivity contribution in [2.24, 2.45) is 0 Å². The number of carbonyl (C=O) groups excluding carboxylic acids is 4. The molecule has 0 bridgehead atoms. The first kappa shape index (κ1) is 34.3. The number of nitrogens with one attached hydrogen (secondary N) is 2. The van der Waals surface area contributed by atoms with Crippen molar-refractivity contribution in [2.45, 2.75) is 43.7 Å². The summed E-state index contributed by atoms with van der Waals surface area (Å²) in [5.41, 5.74) is 6.28. The summed E-state index contributed by atoms with van der Waals surface area (Å²) in [6.07, 6.45) is 1.22. The van der Waals surface area contributed by atoms with Crippen molar-refractivity contribution < 1.29 is 34.1 Å². The normalized spacial score (nSPS) is 16.1. The van der Waals surface area contributed by atoms with Crippen molar-refractivity contribution in [1.29, 1.82) is 0 Å². The zero-order valence-corrected chi connectivity index (χ0v) is 28.3. The molecule has 50 heavy (non-hydrogen) atoms. The zero-order valence-electron chi connectivity index (χ0n) is 27.5. The van der Waals surface area contributed by atoms with Gasteiger partial charge in [0.1, 0.15) is 29.9 Å². The third-order valence-corrected chi connectivity index (χ3v) is 9.86. The van der Waals surface area contributed by atoms with E-state index >= 15 is 0 Å². The molecule has 0 aliphatic carbocycles. The van der Waals surface area contributed by atoms with E-state index in [2.05, 4.69) is 17.6 Å². The summed E-state index contributed by atoms with van der Waals surface area (Å²) >= 11 is 1.33. The van der Waals surface area contributed by atoms with Crippen LogP contribution in [0.3, 0.4) is 0 Å². The largest absolute Gasteiger partial charge is 0.508 e. The van der Waals surface area contributed by atoms with Gasteiger partial charge in [0, 0.05) is 23.4 Å². The summed E-state index contributed by atoms with van der Waals surface area (Å²) in [6.45, 7) is 2.90. The predicted molar refractivity (Wildman–Crippen MR) is 191 cm³/mol. The minimum atomic E-state index is -0.693. The van der Waals surface area contributed by atoms with Crippen molar-refractivity contribution in [2.75, 3.05) is 18.9 Å². The van der Waals surface area contributed by atoms with E-state index in [9.17, 15) is 29.4 Å². The third-order valence-electron chi connectivity index (χ3n) is 8.76. The molecule has 4 amide bonds. The maximum atomic E-state index is 13.1. The first-order valence-corrected chi connectivity index (χ1v) is 17.4. The molecule has 4 N–H and O–H groups in total. The second kappa shape index (κ2) is 15.3. The number of amides is 4. The highest BCUT2D eigenvalue weighted by Crippen LogP contribution is 2.37. The highest BCUT2D eigenvalue weighted by Gasteiger charge is 2.39. The Bertz CT molecular complexity index is 1940. The molecule has 1 unspecified atom stereocenters. The Hall–Kier alpha value is -5.55. The fourth-order valence-electron chi connectivity index (χ4n) is 6.29. The monoisotopic (exact) mass is 691 g/mol. The number of allylic oxidation sites excluding steroid dienone is 1. The highest BCUT2D eigenvalue weighted by atomic mass is 32.2. The van der Waals surface area contributed by atoms with Crippen molar-refractivity contribution in [3.63, 3.8) is 0 Å². The van der Waals surface area contributed by atoms with Crippen molar-refractivity contribution in [3.05, 3.63) is 119 Å². The van der Waals surface area contributed by atoms with Gasteiger partial charge in [-0.15, -0.1) is 11.8 Å². The Balaban J connectivity index is 1.04. The van der Waals surface area contributed by atoms with Crippen molar-refractivity contribution >= 4 is 46.5 Å². The minimum Gasteiger partial charge on any atom is -0.508 e. The molecule has 0 spiro atoms. The molecule has 1 saturated heterocycles. The van der Waals surface area contributed by atoms with Crippen LogP contribution in [-0.4, -0.2) is 63.7 Å². The molecule has 1 atom stereocenters. The molecule has 0 saturated carbocycles. The second-order valence-electron chi connectivity index (χ2n) is 12.0. The number of aromatic hydroxyl groups is 2. The van der Waals surface area contributed by atoms with Crippen LogP contribution in [0.25, 0.3) is 11.1 Å². The van der Waals surface area contributed by atoms with Crippen molar-refractivity contribution in [1.82, 2.24) is 15.5 Å². The van der Waals surface area contributed by atoms with Crippen molar-refractivity contribution in [3.8, 4) is 17.2 Å². The average Bonchev–Trinajstić information content (AvgIpc) is 3.45. The zero-order chi connectivity index (χ0) is 35.2. The van der Waals surface area contributed by atoms with E-state index in [-0.39, 0.29) is 54.5 Å². The van der Waals surface area contributed by atoms with Gasteiger partial charge >= 0.3 is 0 Å². The minimum absolute atomic E-state index is 0.144. The summed E-state index contributed by atoms with van der Waals surface area (Å²) in [5.74, 6) is -0.0398. The Kier molecular flexibility index (Phi) is 10.5. The SMILES string of the molecule is CC/C(=C(\c1ccc(O)cc1)c1ccc(OCCNC(=O)CSc2cccc3c2CN(C2CCC(=O)NC2=O)C3=O)cc1)c1ccc(O)cc1. The van der Waals surface area contributed by atoms with Gasteiger partial charge in [0.2, 0.25) is 17.7 Å². The first-order chi connectivity index (χ1) is 24.2. The van der Waals surface area contributed by atoms with Gasteiger partial charge in [0.25, 0.3) is 5.91 Å². The van der Waals surface area contributed by atoms with E-state index in [1.165, 1.54) is 16.7 Å². The Morgan fingerprint density at radius 2 is 1.54 bits per heavy atom. The van der Waals surface area contributed by atoms with Crippen LogP contribution in [0.5, 0.6) is 17.2 Å². The van der Waals surface area contributed by atoms with Gasteiger partial charge in [-0.3, -0.25) is 24.5 Å². The molecule has 2 aliphatic rings. The first-order valence-electron chi connectivity index (χ1n) is 16.4. The van der Waals surface area contributed by atoms with E-state index in [0.717, 1.165) is 44.7 Å². The van der Waals surface area contributed by atoms with Gasteiger partial charge in [0.05, 0.1) is 12.3 Å². The van der Waals surface area contributed by atoms with Crippen LogP contribution in [0.4, 0.5) is 0 Å². The molecule has 11 heteroatoms. The van der Waals surface area contributed by atoms with Gasteiger partial charge in [0.15, 0.2) is 0 Å². The number of thioether (sulfide) groups is 1. The van der Waals surface area contributed by atoms with Crippen LogP contribution in [0.15, 0.2) is 95.9 Å². The molecule has 2 aliphatic heterocycles. The lowest BCUT2D eigenvalue weighted by Crippen LogP contribution is -2.52.